The number of carbonyl (C=O) groups is 2. The Balaban J connectivity index is 1.88. The summed E-state index contributed by atoms with van der Waals surface area (Å²) in [4.78, 5) is 23.4. The molecule has 0 bridgehead atoms. The SMILES string of the molecule is NC1(C(=O)OC(=O)C2CCCC2)CCCC1. The summed E-state index contributed by atoms with van der Waals surface area (Å²) in [6.45, 7) is 0. The van der Waals surface area contributed by atoms with Crippen LogP contribution in [0.25, 0.3) is 0 Å². The van der Waals surface area contributed by atoms with Crippen molar-refractivity contribution >= 4 is 11.9 Å². The van der Waals surface area contributed by atoms with Crippen LogP contribution in [0.4, 0.5) is 0 Å². The van der Waals surface area contributed by atoms with Gasteiger partial charge in [-0.3, -0.25) is 4.79 Å². The summed E-state index contributed by atoms with van der Waals surface area (Å²) in [6, 6.07) is 0. The average Bonchev–Trinajstić information content (AvgIpc) is 2.88. The van der Waals surface area contributed by atoms with Crippen molar-refractivity contribution in [2.75, 3.05) is 0 Å². The predicted octanol–water partition coefficient (Wildman–Crippen LogP) is 1.52. The molecule has 0 aromatic rings. The van der Waals surface area contributed by atoms with E-state index < -0.39 is 11.5 Å². The van der Waals surface area contributed by atoms with E-state index >= 15 is 0 Å². The number of hydrogen-bond donors (Lipinski definition) is 1. The minimum absolute atomic E-state index is 0.0750. The van der Waals surface area contributed by atoms with E-state index in [0.29, 0.717) is 12.8 Å². The lowest BCUT2D eigenvalue weighted by atomic mass is 9.99. The standard InChI is InChI=1S/C12H19NO3/c13-12(7-3-4-8-12)11(15)16-10(14)9-5-1-2-6-9/h9H,1-8,13H2. The first kappa shape index (κ1) is 11.6. The molecule has 0 atom stereocenters. The van der Waals surface area contributed by atoms with Gasteiger partial charge < -0.3 is 10.5 Å². The normalized spacial score (nSPS) is 24.6. The summed E-state index contributed by atoms with van der Waals surface area (Å²) in [5.74, 6) is -0.949. The van der Waals surface area contributed by atoms with Gasteiger partial charge in [-0.1, -0.05) is 25.7 Å². The highest BCUT2D eigenvalue weighted by Crippen LogP contribution is 2.30. The van der Waals surface area contributed by atoms with E-state index in [1.54, 1.807) is 0 Å². The molecule has 2 fully saturated rings. The summed E-state index contributed by atoms with van der Waals surface area (Å²) in [6.07, 6.45) is 7.00. The molecular formula is C12H19NO3. The fourth-order valence-corrected chi connectivity index (χ4v) is 2.65. The Morgan fingerprint density at radius 1 is 1.06 bits per heavy atom. The van der Waals surface area contributed by atoms with E-state index in [9.17, 15) is 9.59 Å². The van der Waals surface area contributed by atoms with Crippen molar-refractivity contribution in [3.8, 4) is 0 Å². The van der Waals surface area contributed by atoms with E-state index in [1.165, 1.54) is 0 Å². The number of carbonyl (C=O) groups excluding carboxylic acids is 2. The highest BCUT2D eigenvalue weighted by molar-refractivity contribution is 5.92. The quantitative estimate of drug-likeness (QED) is 0.571. The summed E-state index contributed by atoms with van der Waals surface area (Å²) < 4.78 is 4.92. The van der Waals surface area contributed by atoms with Crippen molar-refractivity contribution < 1.29 is 14.3 Å². The maximum absolute atomic E-state index is 11.8. The number of nitrogens with two attached hydrogens (primary N) is 1. The minimum atomic E-state index is -0.895. The molecule has 4 nitrogen and oxygen atoms in total. The van der Waals surface area contributed by atoms with Gasteiger partial charge in [0, 0.05) is 0 Å². The maximum atomic E-state index is 11.8. The van der Waals surface area contributed by atoms with Crippen molar-refractivity contribution in [3.05, 3.63) is 0 Å². The van der Waals surface area contributed by atoms with Gasteiger partial charge in [0.1, 0.15) is 5.54 Å². The molecule has 0 aromatic carbocycles. The average molecular weight is 225 g/mol. The Labute approximate surface area is 95.5 Å². The molecule has 4 heteroatoms. The zero-order valence-corrected chi connectivity index (χ0v) is 9.54. The molecule has 0 spiro atoms. The Morgan fingerprint density at radius 2 is 1.62 bits per heavy atom. The smallest absolute Gasteiger partial charge is 0.333 e. The fourth-order valence-electron chi connectivity index (χ4n) is 2.65. The van der Waals surface area contributed by atoms with Crippen LogP contribution in [-0.2, 0) is 14.3 Å². The van der Waals surface area contributed by atoms with Crippen LogP contribution < -0.4 is 5.73 Å². The van der Waals surface area contributed by atoms with Gasteiger partial charge in [-0.15, -0.1) is 0 Å². The van der Waals surface area contributed by atoms with Gasteiger partial charge in [0.05, 0.1) is 5.92 Å². The van der Waals surface area contributed by atoms with Gasteiger partial charge in [0.25, 0.3) is 0 Å². The molecule has 2 aliphatic rings. The van der Waals surface area contributed by atoms with E-state index in [4.69, 9.17) is 10.5 Å². The van der Waals surface area contributed by atoms with Crippen LogP contribution in [0.15, 0.2) is 0 Å². The molecule has 0 unspecified atom stereocenters. The van der Waals surface area contributed by atoms with Crippen LogP contribution >= 0.6 is 0 Å². The second-order valence-electron chi connectivity index (χ2n) is 5.05. The van der Waals surface area contributed by atoms with Gasteiger partial charge in [0.2, 0.25) is 0 Å². The zero-order chi connectivity index (χ0) is 11.6. The van der Waals surface area contributed by atoms with Crippen LogP contribution in [0.2, 0.25) is 0 Å². The lowest BCUT2D eigenvalue weighted by Gasteiger charge is -2.21. The monoisotopic (exact) mass is 225 g/mol. The van der Waals surface area contributed by atoms with Crippen LogP contribution in [0.3, 0.4) is 0 Å². The molecular weight excluding hydrogens is 206 g/mol. The van der Waals surface area contributed by atoms with Crippen molar-refractivity contribution in [1.29, 1.82) is 0 Å². The second-order valence-corrected chi connectivity index (χ2v) is 5.05. The highest BCUT2D eigenvalue weighted by Gasteiger charge is 2.40. The third-order valence-corrected chi connectivity index (χ3v) is 3.78. The minimum Gasteiger partial charge on any atom is -0.392 e. The van der Waals surface area contributed by atoms with Crippen molar-refractivity contribution in [3.63, 3.8) is 0 Å². The molecule has 2 aliphatic carbocycles. The van der Waals surface area contributed by atoms with Crippen molar-refractivity contribution in [1.82, 2.24) is 0 Å². The topological polar surface area (TPSA) is 69.4 Å². The maximum Gasteiger partial charge on any atom is 0.333 e. The molecule has 2 rings (SSSR count). The third kappa shape index (κ3) is 2.26. The van der Waals surface area contributed by atoms with Crippen LogP contribution in [-0.4, -0.2) is 17.5 Å². The van der Waals surface area contributed by atoms with Crippen molar-refractivity contribution in [2.24, 2.45) is 11.7 Å². The number of ether oxygens (including phenoxy) is 1. The molecule has 90 valence electrons. The van der Waals surface area contributed by atoms with Crippen LogP contribution in [0.1, 0.15) is 51.4 Å². The predicted molar refractivity (Wildman–Crippen MR) is 58.4 cm³/mol. The van der Waals surface area contributed by atoms with Gasteiger partial charge in [-0.2, -0.15) is 0 Å². The highest BCUT2D eigenvalue weighted by atomic mass is 16.6. The third-order valence-electron chi connectivity index (χ3n) is 3.78. The Kier molecular flexibility index (Phi) is 3.28. The van der Waals surface area contributed by atoms with E-state index in [-0.39, 0.29) is 11.9 Å². The first-order valence-electron chi connectivity index (χ1n) is 6.17. The lowest BCUT2D eigenvalue weighted by Crippen LogP contribution is -2.47. The van der Waals surface area contributed by atoms with E-state index in [0.717, 1.165) is 38.5 Å². The molecule has 2 saturated carbocycles. The summed E-state index contributed by atoms with van der Waals surface area (Å²) >= 11 is 0. The molecule has 0 radical (unpaired) electrons. The molecule has 0 aromatic heterocycles. The summed E-state index contributed by atoms with van der Waals surface area (Å²) in [7, 11) is 0. The molecule has 0 heterocycles. The lowest BCUT2D eigenvalue weighted by molar-refractivity contribution is -0.166. The number of rotatable bonds is 2. The van der Waals surface area contributed by atoms with Gasteiger partial charge in [-0.25, -0.2) is 4.79 Å². The molecule has 2 N–H and O–H groups in total. The van der Waals surface area contributed by atoms with Crippen LogP contribution in [0, 0.1) is 5.92 Å². The number of hydrogen-bond acceptors (Lipinski definition) is 4. The zero-order valence-electron chi connectivity index (χ0n) is 9.54. The van der Waals surface area contributed by atoms with Crippen LogP contribution in [0.5, 0.6) is 0 Å². The molecule has 16 heavy (non-hydrogen) atoms. The number of esters is 2. The Bertz CT molecular complexity index is 289. The van der Waals surface area contributed by atoms with Gasteiger partial charge in [-0.05, 0) is 25.7 Å². The Morgan fingerprint density at radius 3 is 2.19 bits per heavy atom. The Hall–Kier alpha value is -0.900. The first-order chi connectivity index (χ1) is 7.62. The van der Waals surface area contributed by atoms with E-state index in [2.05, 4.69) is 0 Å². The second kappa shape index (κ2) is 4.53. The largest absolute Gasteiger partial charge is 0.392 e. The molecule has 0 saturated heterocycles. The van der Waals surface area contributed by atoms with Gasteiger partial charge >= 0.3 is 11.9 Å². The summed E-state index contributed by atoms with van der Waals surface area (Å²) in [5, 5.41) is 0. The summed E-state index contributed by atoms with van der Waals surface area (Å²) in [5.41, 5.74) is 5.03. The fraction of sp³-hybridized carbons (Fsp3) is 0.833. The van der Waals surface area contributed by atoms with Gasteiger partial charge in [0.15, 0.2) is 0 Å². The molecule has 0 amide bonds. The first-order valence-corrected chi connectivity index (χ1v) is 6.17. The molecule has 0 aliphatic heterocycles. The van der Waals surface area contributed by atoms with Crippen molar-refractivity contribution in [2.45, 2.75) is 56.9 Å². The van der Waals surface area contributed by atoms with E-state index in [1.807, 2.05) is 0 Å².